The Balaban J connectivity index is 0.00000190. The number of aliphatic hydroxyl groups is 1. The van der Waals surface area contributed by atoms with Gasteiger partial charge in [-0.3, -0.25) is 14.9 Å². The second-order valence-corrected chi connectivity index (χ2v) is 7.81. The van der Waals surface area contributed by atoms with Gasteiger partial charge in [0.1, 0.15) is 6.61 Å². The molecule has 0 spiro atoms. The van der Waals surface area contributed by atoms with E-state index in [1.165, 1.54) is 50.0 Å². The van der Waals surface area contributed by atoms with Crippen LogP contribution >= 0.6 is 11.8 Å². The number of ether oxygens (including phenoxy) is 1. The van der Waals surface area contributed by atoms with Crippen molar-refractivity contribution in [2.75, 3.05) is 13.6 Å². The third-order valence-corrected chi connectivity index (χ3v) is 5.07. The highest BCUT2D eigenvalue weighted by Crippen LogP contribution is 2.31. The Kier molecular flexibility index (Phi) is 9.91. The maximum absolute atomic E-state index is 12.4. The van der Waals surface area contributed by atoms with Crippen molar-refractivity contribution in [2.45, 2.75) is 50.7 Å². The summed E-state index contributed by atoms with van der Waals surface area (Å²) in [6, 6.07) is 5.61. The number of amides is 1. The van der Waals surface area contributed by atoms with Crippen molar-refractivity contribution in [2.24, 2.45) is 5.73 Å². The number of nitrogens with zero attached hydrogens (tertiary/aromatic N) is 2. The minimum Gasteiger partial charge on any atom is -0.445 e. The molecule has 28 heavy (non-hydrogen) atoms. The smallest absolute Gasteiger partial charge is 0.410 e. The molecule has 3 atom stereocenters. The van der Waals surface area contributed by atoms with E-state index in [0.29, 0.717) is 24.9 Å². The number of benzene rings is 1. The number of non-ortho nitro benzene ring substituents is 1. The Morgan fingerprint density at radius 2 is 2.00 bits per heavy atom. The van der Waals surface area contributed by atoms with Crippen molar-refractivity contribution in [1.82, 2.24) is 4.90 Å². The molecule has 9 nitrogen and oxygen atoms in total. The molecule has 0 bridgehead atoms. The van der Waals surface area contributed by atoms with Crippen molar-refractivity contribution in [3.8, 4) is 0 Å². The standard InChI is InChI=1S/C17H22N2O6S.CH5N/c1-11(20)7-15-8-16(26-12(2)21)9-18(15)17(22)25-10-13-3-5-14(6-4-13)19(23)24;1-2/h3-6,11,15-16,20H,7-10H2,1-2H3;2H2,1H3/t11?,15-,16-;/m0./s1. The largest absolute Gasteiger partial charge is 0.445 e. The number of nitrogens with two attached hydrogens (primary N) is 1. The molecule has 0 aliphatic carbocycles. The first kappa shape index (κ1) is 23.9. The van der Waals surface area contributed by atoms with Crippen molar-refractivity contribution in [1.29, 1.82) is 0 Å². The Morgan fingerprint density at radius 3 is 2.50 bits per heavy atom. The summed E-state index contributed by atoms with van der Waals surface area (Å²) in [5.41, 5.74) is 5.12. The molecule has 1 amide bonds. The zero-order chi connectivity index (χ0) is 21.3. The molecule has 1 aromatic carbocycles. The normalized spacial score (nSPS) is 19.4. The fourth-order valence-corrected chi connectivity index (χ4v) is 4.00. The number of aliphatic hydroxyl groups excluding tert-OH is 1. The van der Waals surface area contributed by atoms with Crippen LogP contribution in [0.3, 0.4) is 0 Å². The highest BCUT2D eigenvalue weighted by Gasteiger charge is 2.37. The Labute approximate surface area is 168 Å². The summed E-state index contributed by atoms with van der Waals surface area (Å²) >= 11 is 1.20. The summed E-state index contributed by atoms with van der Waals surface area (Å²) in [7, 11) is 1.50. The predicted octanol–water partition coefficient (Wildman–Crippen LogP) is 2.30. The number of nitro groups is 1. The summed E-state index contributed by atoms with van der Waals surface area (Å²) in [6.45, 7) is 3.54. The van der Waals surface area contributed by atoms with Crippen molar-refractivity contribution in [3.05, 3.63) is 39.9 Å². The van der Waals surface area contributed by atoms with Gasteiger partial charge in [0.05, 0.1) is 11.0 Å². The zero-order valence-electron chi connectivity index (χ0n) is 16.2. The average molecular weight is 413 g/mol. The van der Waals surface area contributed by atoms with Crippen LogP contribution in [0, 0.1) is 10.1 Å². The topological polar surface area (TPSA) is 136 Å². The Bertz CT molecular complexity index is 668. The van der Waals surface area contributed by atoms with Crippen molar-refractivity contribution < 1.29 is 24.4 Å². The molecule has 1 saturated heterocycles. The van der Waals surface area contributed by atoms with Crippen LogP contribution in [-0.4, -0.2) is 57.1 Å². The quantitative estimate of drug-likeness (QED) is 0.535. The van der Waals surface area contributed by atoms with Gasteiger partial charge in [0.15, 0.2) is 5.12 Å². The maximum Gasteiger partial charge on any atom is 0.410 e. The molecule has 156 valence electrons. The molecule has 3 N–H and O–H groups in total. The lowest BCUT2D eigenvalue weighted by atomic mass is 10.1. The number of likely N-dealkylation sites (tertiary alicyclic amines) is 1. The number of rotatable bonds is 6. The molecule has 10 heteroatoms. The third kappa shape index (κ3) is 7.45. The van der Waals surface area contributed by atoms with E-state index in [9.17, 15) is 24.8 Å². The molecular formula is C18H27N3O6S. The van der Waals surface area contributed by atoms with Gasteiger partial charge in [0, 0.05) is 36.9 Å². The molecule has 0 radical (unpaired) electrons. The second-order valence-electron chi connectivity index (χ2n) is 6.34. The van der Waals surface area contributed by atoms with E-state index >= 15 is 0 Å². The van der Waals surface area contributed by atoms with E-state index in [1.54, 1.807) is 11.8 Å². The molecular weight excluding hydrogens is 386 g/mol. The average Bonchev–Trinajstić information content (AvgIpc) is 3.02. The lowest BCUT2D eigenvalue weighted by Crippen LogP contribution is -2.37. The van der Waals surface area contributed by atoms with Gasteiger partial charge >= 0.3 is 6.09 Å². The van der Waals surface area contributed by atoms with E-state index in [4.69, 9.17) is 4.74 Å². The van der Waals surface area contributed by atoms with E-state index in [1.807, 2.05) is 0 Å². The third-order valence-electron chi connectivity index (χ3n) is 4.07. The molecule has 0 aromatic heterocycles. The maximum atomic E-state index is 12.4. The van der Waals surface area contributed by atoms with Gasteiger partial charge in [-0.1, -0.05) is 11.8 Å². The van der Waals surface area contributed by atoms with Crippen LogP contribution in [0.5, 0.6) is 0 Å². The van der Waals surface area contributed by atoms with Crippen LogP contribution in [-0.2, 0) is 16.1 Å². The molecule has 1 fully saturated rings. The molecule has 1 heterocycles. The van der Waals surface area contributed by atoms with Gasteiger partial charge in [-0.15, -0.1) is 0 Å². The fourth-order valence-electron chi connectivity index (χ4n) is 2.98. The summed E-state index contributed by atoms with van der Waals surface area (Å²) in [6.07, 6.45) is -0.0321. The summed E-state index contributed by atoms with van der Waals surface area (Å²) in [4.78, 5) is 35.5. The van der Waals surface area contributed by atoms with Gasteiger partial charge in [-0.25, -0.2) is 4.79 Å². The van der Waals surface area contributed by atoms with Crippen molar-refractivity contribution in [3.63, 3.8) is 0 Å². The van der Waals surface area contributed by atoms with Crippen LogP contribution in [0.1, 0.15) is 32.3 Å². The van der Waals surface area contributed by atoms with Crippen LogP contribution in [0.4, 0.5) is 10.5 Å². The van der Waals surface area contributed by atoms with Gasteiger partial charge in [0.25, 0.3) is 5.69 Å². The first-order valence-electron chi connectivity index (χ1n) is 8.86. The summed E-state index contributed by atoms with van der Waals surface area (Å²) in [5.74, 6) is 0. The molecule has 0 saturated carbocycles. The molecule has 1 aliphatic heterocycles. The zero-order valence-corrected chi connectivity index (χ0v) is 17.1. The Hall–Kier alpha value is -2.17. The molecule has 1 aromatic rings. The minimum atomic E-state index is -0.564. The van der Waals surface area contributed by atoms with E-state index in [-0.39, 0.29) is 28.7 Å². The van der Waals surface area contributed by atoms with Crippen molar-refractivity contribution >= 4 is 28.7 Å². The van der Waals surface area contributed by atoms with Crippen LogP contribution in [0.25, 0.3) is 0 Å². The Morgan fingerprint density at radius 1 is 1.39 bits per heavy atom. The van der Waals surface area contributed by atoms with E-state index < -0.39 is 17.1 Å². The number of nitro benzene ring substituents is 1. The van der Waals surface area contributed by atoms with Crippen LogP contribution in [0.15, 0.2) is 24.3 Å². The summed E-state index contributed by atoms with van der Waals surface area (Å²) in [5, 5.41) is 20.3. The SMILES string of the molecule is CC(=O)S[C@H]1C[C@H](CC(C)O)N(C(=O)OCc2ccc([N+](=O)[O-])cc2)C1.CN. The number of hydrogen-bond acceptors (Lipinski definition) is 8. The van der Waals surface area contributed by atoms with Gasteiger partial charge in [-0.05, 0) is 44.5 Å². The lowest BCUT2D eigenvalue weighted by molar-refractivity contribution is -0.384. The molecule has 1 unspecified atom stereocenters. The predicted molar refractivity (Wildman–Crippen MR) is 107 cm³/mol. The fraction of sp³-hybridized carbons (Fsp3) is 0.556. The lowest BCUT2D eigenvalue weighted by Gasteiger charge is -2.24. The summed E-state index contributed by atoms with van der Waals surface area (Å²) < 4.78 is 5.32. The van der Waals surface area contributed by atoms with Gasteiger partial charge < -0.3 is 20.5 Å². The number of hydrogen-bond donors (Lipinski definition) is 2. The minimum absolute atomic E-state index is 0.000750. The number of thioether (sulfide) groups is 1. The first-order chi connectivity index (χ1) is 13.3. The van der Waals surface area contributed by atoms with Gasteiger partial charge in [-0.2, -0.15) is 0 Å². The molecule has 2 rings (SSSR count). The highest BCUT2D eigenvalue weighted by atomic mass is 32.2. The monoisotopic (exact) mass is 413 g/mol. The van der Waals surface area contributed by atoms with Crippen LogP contribution in [0.2, 0.25) is 0 Å². The second kappa shape index (κ2) is 11.6. The van der Waals surface area contributed by atoms with E-state index in [0.717, 1.165) is 0 Å². The molecule has 1 aliphatic rings. The first-order valence-corrected chi connectivity index (χ1v) is 9.74. The van der Waals surface area contributed by atoms with E-state index in [2.05, 4.69) is 5.73 Å². The number of carbonyl (C=O) groups is 2. The van der Waals surface area contributed by atoms with Gasteiger partial charge in [0.2, 0.25) is 0 Å². The highest BCUT2D eigenvalue weighted by molar-refractivity contribution is 8.14. The van der Waals surface area contributed by atoms with Crippen LogP contribution < -0.4 is 5.73 Å². The number of carbonyl (C=O) groups excluding carboxylic acids is 2.